The number of pyridine rings is 1. The second-order valence-electron chi connectivity index (χ2n) is 3.54. The van der Waals surface area contributed by atoms with Crippen molar-refractivity contribution in [3.8, 4) is 0 Å². The average molecular weight is 220 g/mol. The number of nitrogens with one attached hydrogen (secondary N) is 2. The molecule has 4 heteroatoms. The molecule has 0 unspecified atom stereocenters. The smallest absolute Gasteiger partial charge is 0.190 e. The van der Waals surface area contributed by atoms with Crippen molar-refractivity contribution in [1.82, 2.24) is 15.6 Å². The maximum Gasteiger partial charge on any atom is 0.190 e. The van der Waals surface area contributed by atoms with Crippen LogP contribution in [0.15, 0.2) is 29.5 Å². The first-order chi connectivity index (χ1) is 7.86. The van der Waals surface area contributed by atoms with Crippen LogP contribution in [0.25, 0.3) is 0 Å². The number of hydrogen-bond acceptors (Lipinski definition) is 2. The summed E-state index contributed by atoms with van der Waals surface area (Å²) in [5, 5.41) is 6.49. The molecule has 88 valence electrons. The minimum Gasteiger partial charge on any atom is -0.356 e. The van der Waals surface area contributed by atoms with Gasteiger partial charge in [0, 0.05) is 32.5 Å². The Hall–Kier alpha value is -1.58. The second kappa shape index (κ2) is 7.68. The summed E-state index contributed by atoms with van der Waals surface area (Å²) in [4.78, 5) is 8.21. The largest absolute Gasteiger partial charge is 0.356 e. The van der Waals surface area contributed by atoms with Crippen molar-refractivity contribution in [3.63, 3.8) is 0 Å². The molecule has 0 aliphatic rings. The minimum absolute atomic E-state index is 0.866. The Morgan fingerprint density at radius 3 is 2.81 bits per heavy atom. The molecule has 16 heavy (non-hydrogen) atoms. The van der Waals surface area contributed by atoms with E-state index in [0.29, 0.717) is 0 Å². The van der Waals surface area contributed by atoms with Gasteiger partial charge in [0.15, 0.2) is 5.96 Å². The number of hydrogen-bond donors (Lipinski definition) is 2. The highest BCUT2D eigenvalue weighted by molar-refractivity contribution is 5.79. The van der Waals surface area contributed by atoms with Crippen LogP contribution in [0.1, 0.15) is 18.9 Å². The standard InChI is InChI=1S/C12H20N4/c1-3-7-15-12(13-2)16-9-6-11-5-4-8-14-10-11/h4-5,8,10H,3,6-7,9H2,1-2H3,(H2,13,15,16). The molecule has 0 saturated carbocycles. The summed E-state index contributed by atoms with van der Waals surface area (Å²) < 4.78 is 0. The summed E-state index contributed by atoms with van der Waals surface area (Å²) in [6.07, 6.45) is 5.74. The van der Waals surface area contributed by atoms with Crippen LogP contribution in [0, 0.1) is 0 Å². The van der Waals surface area contributed by atoms with E-state index in [1.807, 2.05) is 12.3 Å². The lowest BCUT2D eigenvalue weighted by Gasteiger charge is -2.10. The average Bonchev–Trinajstić information content (AvgIpc) is 2.35. The zero-order valence-electron chi connectivity index (χ0n) is 10.0. The first-order valence-corrected chi connectivity index (χ1v) is 5.70. The van der Waals surface area contributed by atoms with Gasteiger partial charge in [-0.2, -0.15) is 0 Å². The van der Waals surface area contributed by atoms with Crippen LogP contribution in [0.2, 0.25) is 0 Å². The number of aromatic nitrogens is 1. The molecule has 0 aromatic carbocycles. The summed E-state index contributed by atoms with van der Waals surface area (Å²) >= 11 is 0. The zero-order chi connectivity index (χ0) is 11.6. The molecule has 0 saturated heterocycles. The topological polar surface area (TPSA) is 49.3 Å². The van der Waals surface area contributed by atoms with Crippen LogP contribution in [0.5, 0.6) is 0 Å². The predicted octanol–water partition coefficient (Wildman–Crippen LogP) is 1.20. The molecule has 0 radical (unpaired) electrons. The van der Waals surface area contributed by atoms with E-state index < -0.39 is 0 Å². The fraction of sp³-hybridized carbons (Fsp3) is 0.500. The van der Waals surface area contributed by atoms with Crippen molar-refractivity contribution in [3.05, 3.63) is 30.1 Å². The van der Waals surface area contributed by atoms with Crippen LogP contribution in [0.3, 0.4) is 0 Å². The van der Waals surface area contributed by atoms with Gasteiger partial charge in [-0.3, -0.25) is 9.98 Å². The van der Waals surface area contributed by atoms with E-state index in [1.54, 1.807) is 13.2 Å². The fourth-order valence-corrected chi connectivity index (χ4v) is 1.34. The molecule has 0 spiro atoms. The van der Waals surface area contributed by atoms with Gasteiger partial charge in [-0.1, -0.05) is 13.0 Å². The van der Waals surface area contributed by atoms with Gasteiger partial charge in [-0.05, 0) is 24.5 Å². The van der Waals surface area contributed by atoms with Crippen LogP contribution in [-0.4, -0.2) is 31.1 Å². The highest BCUT2D eigenvalue weighted by Crippen LogP contribution is 1.95. The molecule has 0 aliphatic carbocycles. The van der Waals surface area contributed by atoms with Gasteiger partial charge in [0.1, 0.15) is 0 Å². The lowest BCUT2D eigenvalue weighted by atomic mass is 10.2. The van der Waals surface area contributed by atoms with E-state index in [-0.39, 0.29) is 0 Å². The quantitative estimate of drug-likeness (QED) is 0.579. The Morgan fingerprint density at radius 1 is 1.38 bits per heavy atom. The third kappa shape index (κ3) is 4.77. The van der Waals surface area contributed by atoms with Crippen molar-refractivity contribution in [2.45, 2.75) is 19.8 Å². The van der Waals surface area contributed by atoms with E-state index >= 15 is 0 Å². The maximum atomic E-state index is 4.14. The maximum absolute atomic E-state index is 4.14. The van der Waals surface area contributed by atoms with Gasteiger partial charge in [0.2, 0.25) is 0 Å². The highest BCUT2D eigenvalue weighted by Gasteiger charge is 1.96. The molecular formula is C12H20N4. The van der Waals surface area contributed by atoms with Crippen molar-refractivity contribution in [1.29, 1.82) is 0 Å². The fourth-order valence-electron chi connectivity index (χ4n) is 1.34. The van der Waals surface area contributed by atoms with E-state index in [1.165, 1.54) is 5.56 Å². The van der Waals surface area contributed by atoms with Gasteiger partial charge in [-0.25, -0.2) is 0 Å². The Morgan fingerprint density at radius 2 is 2.19 bits per heavy atom. The normalized spacial score (nSPS) is 11.2. The summed E-state index contributed by atoms with van der Waals surface area (Å²) in [5.74, 6) is 0.866. The molecule has 0 amide bonds. The molecule has 0 aliphatic heterocycles. The molecule has 0 bridgehead atoms. The third-order valence-electron chi connectivity index (χ3n) is 2.19. The van der Waals surface area contributed by atoms with Gasteiger partial charge in [-0.15, -0.1) is 0 Å². The van der Waals surface area contributed by atoms with Gasteiger partial charge >= 0.3 is 0 Å². The van der Waals surface area contributed by atoms with Crippen LogP contribution >= 0.6 is 0 Å². The predicted molar refractivity (Wildman–Crippen MR) is 67.6 cm³/mol. The summed E-state index contributed by atoms with van der Waals surface area (Å²) in [6, 6.07) is 4.04. The monoisotopic (exact) mass is 220 g/mol. The molecule has 1 rings (SSSR count). The lowest BCUT2D eigenvalue weighted by Crippen LogP contribution is -2.38. The van der Waals surface area contributed by atoms with E-state index in [2.05, 4.69) is 33.6 Å². The van der Waals surface area contributed by atoms with Crippen LogP contribution in [-0.2, 0) is 6.42 Å². The first kappa shape index (κ1) is 12.5. The van der Waals surface area contributed by atoms with E-state index in [9.17, 15) is 0 Å². The van der Waals surface area contributed by atoms with Crippen molar-refractivity contribution >= 4 is 5.96 Å². The summed E-state index contributed by atoms with van der Waals surface area (Å²) in [6.45, 7) is 3.96. The zero-order valence-corrected chi connectivity index (χ0v) is 10.0. The van der Waals surface area contributed by atoms with Gasteiger partial charge in [0.25, 0.3) is 0 Å². The minimum atomic E-state index is 0.866. The first-order valence-electron chi connectivity index (χ1n) is 5.70. The van der Waals surface area contributed by atoms with E-state index in [4.69, 9.17) is 0 Å². The molecule has 0 fully saturated rings. The summed E-state index contributed by atoms with van der Waals surface area (Å²) in [5.41, 5.74) is 1.24. The molecule has 1 aromatic rings. The Kier molecular flexibility index (Phi) is 5.99. The Balaban J connectivity index is 2.24. The SMILES string of the molecule is CCCNC(=NC)NCCc1cccnc1. The summed E-state index contributed by atoms with van der Waals surface area (Å²) in [7, 11) is 1.79. The second-order valence-corrected chi connectivity index (χ2v) is 3.54. The van der Waals surface area contributed by atoms with Crippen molar-refractivity contribution < 1.29 is 0 Å². The van der Waals surface area contributed by atoms with Gasteiger partial charge in [0.05, 0.1) is 0 Å². The number of nitrogens with zero attached hydrogens (tertiary/aromatic N) is 2. The third-order valence-corrected chi connectivity index (χ3v) is 2.19. The highest BCUT2D eigenvalue weighted by atomic mass is 15.2. The molecule has 1 heterocycles. The number of guanidine groups is 1. The number of aliphatic imine (C=N–C) groups is 1. The number of rotatable bonds is 5. The van der Waals surface area contributed by atoms with Crippen molar-refractivity contribution in [2.24, 2.45) is 4.99 Å². The molecule has 4 nitrogen and oxygen atoms in total. The Bertz CT molecular complexity index is 308. The van der Waals surface area contributed by atoms with Crippen LogP contribution in [0.4, 0.5) is 0 Å². The van der Waals surface area contributed by atoms with Gasteiger partial charge < -0.3 is 10.6 Å². The molecular weight excluding hydrogens is 200 g/mol. The Labute approximate surface area is 97.2 Å². The molecule has 2 N–H and O–H groups in total. The van der Waals surface area contributed by atoms with E-state index in [0.717, 1.165) is 31.9 Å². The molecule has 0 atom stereocenters. The van der Waals surface area contributed by atoms with Crippen LogP contribution < -0.4 is 10.6 Å². The lowest BCUT2D eigenvalue weighted by molar-refractivity contribution is 0.772. The van der Waals surface area contributed by atoms with Crippen molar-refractivity contribution in [2.75, 3.05) is 20.1 Å². The molecule has 1 aromatic heterocycles.